The lowest BCUT2D eigenvalue weighted by Gasteiger charge is -2.41. The third-order valence-corrected chi connectivity index (χ3v) is 5.97. The van der Waals surface area contributed by atoms with E-state index in [1.54, 1.807) is 19.2 Å². The Labute approximate surface area is 145 Å². The van der Waals surface area contributed by atoms with Gasteiger partial charge in [-0.25, -0.2) is 4.79 Å². The van der Waals surface area contributed by atoms with E-state index < -0.39 is 0 Å². The summed E-state index contributed by atoms with van der Waals surface area (Å²) in [5, 5.41) is 0. The van der Waals surface area contributed by atoms with E-state index in [0.29, 0.717) is 5.56 Å². The topological polar surface area (TPSA) is 35.5 Å². The van der Waals surface area contributed by atoms with Crippen molar-refractivity contribution in [3.63, 3.8) is 0 Å². The average Bonchev–Trinajstić information content (AvgIpc) is 2.62. The van der Waals surface area contributed by atoms with Gasteiger partial charge in [0, 0.05) is 0 Å². The predicted octanol–water partition coefficient (Wildman–Crippen LogP) is 5.24. The minimum Gasteiger partial charge on any atom is -0.497 e. The Morgan fingerprint density at radius 1 is 1.04 bits per heavy atom. The fraction of sp³-hybridized carbons (Fsp3) is 0.667. The maximum absolute atomic E-state index is 12.3. The molecule has 0 saturated heterocycles. The number of ether oxygens (including phenoxy) is 2. The molecule has 0 N–H and O–H groups in total. The Balaban J connectivity index is 1.51. The first-order chi connectivity index (χ1) is 11.7. The molecule has 4 unspecified atom stereocenters. The van der Waals surface area contributed by atoms with Crippen molar-refractivity contribution < 1.29 is 14.3 Å². The van der Waals surface area contributed by atoms with E-state index in [0.717, 1.165) is 36.3 Å². The summed E-state index contributed by atoms with van der Waals surface area (Å²) in [7, 11) is 1.63. The SMILES string of the molecule is CCCC1CCC2CC(OC(=O)c3ccc(OC)cc3)CCC2C1. The van der Waals surface area contributed by atoms with Crippen LogP contribution in [-0.4, -0.2) is 19.2 Å². The first-order valence-corrected chi connectivity index (χ1v) is 9.54. The van der Waals surface area contributed by atoms with E-state index in [-0.39, 0.29) is 12.1 Å². The van der Waals surface area contributed by atoms with Gasteiger partial charge in [0.05, 0.1) is 12.7 Å². The minimum atomic E-state index is -0.194. The van der Waals surface area contributed by atoms with Gasteiger partial charge in [-0.3, -0.25) is 0 Å². The Morgan fingerprint density at radius 3 is 2.46 bits per heavy atom. The second kappa shape index (κ2) is 8.04. The molecule has 4 atom stereocenters. The van der Waals surface area contributed by atoms with Crippen LogP contribution in [0, 0.1) is 17.8 Å². The lowest BCUT2D eigenvalue weighted by atomic mass is 9.66. The van der Waals surface area contributed by atoms with Crippen molar-refractivity contribution in [2.24, 2.45) is 17.8 Å². The number of fused-ring (bicyclic) bond motifs is 1. The first kappa shape index (κ1) is 17.3. The number of hydrogen-bond donors (Lipinski definition) is 0. The number of esters is 1. The second-order valence-electron chi connectivity index (χ2n) is 7.56. The third-order valence-electron chi connectivity index (χ3n) is 5.97. The predicted molar refractivity (Wildman–Crippen MR) is 95.3 cm³/mol. The van der Waals surface area contributed by atoms with E-state index in [2.05, 4.69) is 6.92 Å². The number of rotatable bonds is 5. The zero-order valence-corrected chi connectivity index (χ0v) is 15.0. The van der Waals surface area contributed by atoms with Gasteiger partial charge in [-0.15, -0.1) is 0 Å². The molecule has 2 aliphatic rings. The fourth-order valence-corrected chi connectivity index (χ4v) is 4.67. The Bertz CT molecular complexity index is 537. The van der Waals surface area contributed by atoms with Gasteiger partial charge in [0.15, 0.2) is 0 Å². The van der Waals surface area contributed by atoms with Crippen LogP contribution in [0.1, 0.15) is 68.6 Å². The van der Waals surface area contributed by atoms with Gasteiger partial charge in [-0.1, -0.05) is 26.2 Å². The summed E-state index contributed by atoms with van der Waals surface area (Å²) in [6, 6.07) is 7.18. The number of carbonyl (C=O) groups is 1. The van der Waals surface area contributed by atoms with Gasteiger partial charge in [-0.05, 0) is 74.1 Å². The van der Waals surface area contributed by atoms with Crippen LogP contribution in [0.2, 0.25) is 0 Å². The monoisotopic (exact) mass is 330 g/mol. The molecule has 0 radical (unpaired) electrons. The van der Waals surface area contributed by atoms with Crippen molar-refractivity contribution in [3.05, 3.63) is 29.8 Å². The zero-order valence-electron chi connectivity index (χ0n) is 15.0. The molecule has 2 aliphatic carbocycles. The summed E-state index contributed by atoms with van der Waals surface area (Å²) in [4.78, 5) is 12.3. The smallest absolute Gasteiger partial charge is 0.338 e. The molecule has 3 rings (SSSR count). The highest BCUT2D eigenvalue weighted by Gasteiger charge is 2.36. The quantitative estimate of drug-likeness (QED) is 0.693. The van der Waals surface area contributed by atoms with Crippen LogP contribution in [0.3, 0.4) is 0 Å². The third kappa shape index (κ3) is 4.12. The molecule has 1 aromatic rings. The minimum absolute atomic E-state index is 0.101. The van der Waals surface area contributed by atoms with Gasteiger partial charge in [0.25, 0.3) is 0 Å². The van der Waals surface area contributed by atoms with Crippen molar-refractivity contribution in [3.8, 4) is 5.75 Å². The lowest BCUT2D eigenvalue weighted by Crippen LogP contribution is -2.35. The van der Waals surface area contributed by atoms with E-state index in [1.807, 2.05) is 12.1 Å². The van der Waals surface area contributed by atoms with E-state index in [1.165, 1.54) is 38.5 Å². The molecule has 2 saturated carbocycles. The Morgan fingerprint density at radius 2 is 1.75 bits per heavy atom. The summed E-state index contributed by atoms with van der Waals surface area (Å²) >= 11 is 0. The average molecular weight is 330 g/mol. The number of benzene rings is 1. The molecule has 0 heterocycles. The molecule has 0 bridgehead atoms. The fourth-order valence-electron chi connectivity index (χ4n) is 4.67. The van der Waals surface area contributed by atoms with E-state index >= 15 is 0 Å². The normalized spacial score (nSPS) is 29.6. The van der Waals surface area contributed by atoms with Gasteiger partial charge < -0.3 is 9.47 Å². The van der Waals surface area contributed by atoms with E-state index in [9.17, 15) is 4.79 Å². The molecule has 0 aromatic heterocycles. The van der Waals surface area contributed by atoms with Crippen molar-refractivity contribution in [2.75, 3.05) is 7.11 Å². The highest BCUT2D eigenvalue weighted by Crippen LogP contribution is 2.44. The van der Waals surface area contributed by atoms with Crippen molar-refractivity contribution in [2.45, 2.75) is 64.4 Å². The number of hydrogen-bond acceptors (Lipinski definition) is 3. The van der Waals surface area contributed by atoms with Crippen LogP contribution in [0.25, 0.3) is 0 Å². The summed E-state index contributed by atoms with van der Waals surface area (Å²) in [6.07, 6.45) is 10.2. The van der Waals surface area contributed by atoms with Crippen LogP contribution in [0.5, 0.6) is 5.75 Å². The molecule has 0 spiro atoms. The van der Waals surface area contributed by atoms with Crippen molar-refractivity contribution in [1.82, 2.24) is 0 Å². The molecular formula is C21H30O3. The van der Waals surface area contributed by atoms with Crippen LogP contribution in [-0.2, 0) is 4.74 Å². The van der Waals surface area contributed by atoms with E-state index in [4.69, 9.17) is 9.47 Å². The standard InChI is InChI=1S/C21H30O3/c1-3-4-15-5-6-18-14-20(12-9-17(18)13-15)24-21(22)16-7-10-19(23-2)11-8-16/h7-8,10-11,15,17-18,20H,3-6,9,12-14H2,1-2H3. The number of carbonyl (C=O) groups excluding carboxylic acids is 1. The van der Waals surface area contributed by atoms with Crippen LogP contribution >= 0.6 is 0 Å². The van der Waals surface area contributed by atoms with Crippen LogP contribution in [0.15, 0.2) is 24.3 Å². The summed E-state index contributed by atoms with van der Waals surface area (Å²) in [6.45, 7) is 2.29. The zero-order chi connectivity index (χ0) is 16.9. The second-order valence-corrected chi connectivity index (χ2v) is 7.56. The Hall–Kier alpha value is -1.51. The molecule has 0 amide bonds. The van der Waals surface area contributed by atoms with Gasteiger partial charge in [0.2, 0.25) is 0 Å². The van der Waals surface area contributed by atoms with Gasteiger partial charge >= 0.3 is 5.97 Å². The maximum Gasteiger partial charge on any atom is 0.338 e. The van der Waals surface area contributed by atoms with Crippen LogP contribution < -0.4 is 4.74 Å². The number of methoxy groups -OCH3 is 1. The highest BCUT2D eigenvalue weighted by atomic mass is 16.5. The molecule has 2 fully saturated rings. The van der Waals surface area contributed by atoms with Crippen molar-refractivity contribution >= 4 is 5.97 Å². The lowest BCUT2D eigenvalue weighted by molar-refractivity contribution is -0.00620. The largest absolute Gasteiger partial charge is 0.497 e. The first-order valence-electron chi connectivity index (χ1n) is 9.54. The molecule has 3 nitrogen and oxygen atoms in total. The molecule has 3 heteroatoms. The summed E-state index contributed by atoms with van der Waals surface area (Å²) in [5.41, 5.74) is 0.615. The molecular weight excluding hydrogens is 300 g/mol. The molecule has 0 aliphatic heterocycles. The highest BCUT2D eigenvalue weighted by molar-refractivity contribution is 5.89. The molecule has 132 valence electrons. The maximum atomic E-state index is 12.3. The molecule has 1 aromatic carbocycles. The molecule has 24 heavy (non-hydrogen) atoms. The summed E-state index contributed by atoms with van der Waals surface area (Å²) < 4.78 is 10.9. The van der Waals surface area contributed by atoms with Crippen molar-refractivity contribution in [1.29, 1.82) is 0 Å². The van der Waals surface area contributed by atoms with Crippen LogP contribution in [0.4, 0.5) is 0 Å². The summed E-state index contributed by atoms with van der Waals surface area (Å²) in [5.74, 6) is 3.14. The van der Waals surface area contributed by atoms with Gasteiger partial charge in [0.1, 0.15) is 11.9 Å². The Kier molecular flexibility index (Phi) is 5.80. The van der Waals surface area contributed by atoms with Gasteiger partial charge in [-0.2, -0.15) is 0 Å².